The number of nitrogens with zero attached hydrogens (tertiary/aromatic N) is 3. The highest BCUT2D eigenvalue weighted by atomic mass is 16.5. The molecule has 3 rings (SSSR count). The van der Waals surface area contributed by atoms with Gasteiger partial charge in [0.2, 0.25) is 5.91 Å². The van der Waals surface area contributed by atoms with Crippen molar-refractivity contribution in [1.29, 1.82) is 0 Å². The molecule has 0 saturated carbocycles. The Morgan fingerprint density at radius 3 is 2.54 bits per heavy atom. The fourth-order valence-corrected chi connectivity index (χ4v) is 3.66. The Kier molecular flexibility index (Phi) is 6.01. The monoisotopic (exact) mass is 353 g/mol. The van der Waals surface area contributed by atoms with Crippen LogP contribution in [0, 0.1) is 0 Å². The maximum absolute atomic E-state index is 12.7. The number of aromatic nitrogens is 1. The highest BCUT2D eigenvalue weighted by Crippen LogP contribution is 2.36. The third kappa shape index (κ3) is 4.29. The lowest BCUT2D eigenvalue weighted by atomic mass is 9.84. The largest absolute Gasteiger partial charge is 0.373 e. The van der Waals surface area contributed by atoms with E-state index in [1.165, 1.54) is 5.56 Å². The molecular formula is C21H27N3O2. The lowest BCUT2D eigenvalue weighted by molar-refractivity contribution is -0.138. The predicted octanol–water partition coefficient (Wildman–Crippen LogP) is 2.68. The van der Waals surface area contributed by atoms with E-state index in [-0.39, 0.29) is 11.5 Å². The van der Waals surface area contributed by atoms with Gasteiger partial charge in [0.15, 0.2) is 0 Å². The highest BCUT2D eigenvalue weighted by Gasteiger charge is 2.37. The van der Waals surface area contributed by atoms with E-state index < -0.39 is 0 Å². The average molecular weight is 353 g/mol. The quantitative estimate of drug-likeness (QED) is 0.801. The zero-order valence-corrected chi connectivity index (χ0v) is 15.6. The fourth-order valence-electron chi connectivity index (χ4n) is 3.66. The average Bonchev–Trinajstić information content (AvgIpc) is 2.69. The zero-order chi connectivity index (χ0) is 18.4. The molecule has 0 unspecified atom stereocenters. The number of ether oxygens (including phenoxy) is 1. The Morgan fingerprint density at radius 1 is 1.19 bits per heavy atom. The van der Waals surface area contributed by atoms with Gasteiger partial charge in [0.25, 0.3) is 0 Å². The molecule has 0 bridgehead atoms. The molecule has 0 N–H and O–H groups in total. The van der Waals surface area contributed by atoms with Gasteiger partial charge >= 0.3 is 0 Å². The molecule has 0 atom stereocenters. The van der Waals surface area contributed by atoms with Gasteiger partial charge in [-0.3, -0.25) is 14.7 Å². The molecule has 2 aromatic rings. The second-order valence-corrected chi connectivity index (χ2v) is 6.98. The van der Waals surface area contributed by atoms with E-state index >= 15 is 0 Å². The van der Waals surface area contributed by atoms with Crippen LogP contribution in [0.25, 0.3) is 0 Å². The van der Waals surface area contributed by atoms with Crippen LogP contribution < -0.4 is 0 Å². The van der Waals surface area contributed by atoms with E-state index in [9.17, 15) is 4.79 Å². The molecule has 0 aliphatic carbocycles. The number of rotatable bonds is 6. The van der Waals surface area contributed by atoms with Crippen LogP contribution in [0.5, 0.6) is 0 Å². The van der Waals surface area contributed by atoms with Crippen molar-refractivity contribution in [3.8, 4) is 0 Å². The summed E-state index contributed by atoms with van der Waals surface area (Å²) in [7, 11) is 3.74. The Hall–Kier alpha value is -2.24. The van der Waals surface area contributed by atoms with E-state index in [1.54, 1.807) is 13.3 Å². The first-order chi connectivity index (χ1) is 12.6. The summed E-state index contributed by atoms with van der Waals surface area (Å²) < 4.78 is 5.90. The van der Waals surface area contributed by atoms with E-state index in [0.717, 1.165) is 38.0 Å². The van der Waals surface area contributed by atoms with E-state index in [2.05, 4.69) is 17.1 Å². The first kappa shape index (κ1) is 18.5. The van der Waals surface area contributed by atoms with Crippen LogP contribution >= 0.6 is 0 Å². The minimum absolute atomic E-state index is 0.175. The molecule has 138 valence electrons. The van der Waals surface area contributed by atoms with Gasteiger partial charge in [-0.2, -0.15) is 0 Å². The topological polar surface area (TPSA) is 45.7 Å². The van der Waals surface area contributed by atoms with Crippen molar-refractivity contribution in [3.05, 3.63) is 66.0 Å². The summed E-state index contributed by atoms with van der Waals surface area (Å²) in [5.74, 6) is 0.175. The molecule has 1 saturated heterocycles. The van der Waals surface area contributed by atoms with Gasteiger partial charge < -0.3 is 9.64 Å². The molecule has 1 aliphatic rings. The second kappa shape index (κ2) is 8.43. The Morgan fingerprint density at radius 2 is 1.92 bits per heavy atom. The van der Waals surface area contributed by atoms with Crippen molar-refractivity contribution in [2.24, 2.45) is 0 Å². The molecule has 5 heteroatoms. The van der Waals surface area contributed by atoms with Gasteiger partial charge in [-0.25, -0.2) is 0 Å². The number of benzene rings is 1. The predicted molar refractivity (Wildman–Crippen MR) is 102 cm³/mol. The van der Waals surface area contributed by atoms with Gasteiger partial charge in [0.1, 0.15) is 0 Å². The number of piperidine rings is 1. The first-order valence-corrected chi connectivity index (χ1v) is 9.09. The van der Waals surface area contributed by atoms with Crippen LogP contribution in [-0.2, 0) is 21.7 Å². The first-order valence-electron chi connectivity index (χ1n) is 9.09. The molecule has 1 fully saturated rings. The summed E-state index contributed by atoms with van der Waals surface area (Å²) >= 11 is 0. The molecule has 5 nitrogen and oxygen atoms in total. The minimum atomic E-state index is -0.278. The fraction of sp³-hybridized carbons (Fsp3) is 0.429. The van der Waals surface area contributed by atoms with Gasteiger partial charge in [0, 0.05) is 39.1 Å². The van der Waals surface area contributed by atoms with Crippen LogP contribution in [0.15, 0.2) is 54.9 Å². The number of methoxy groups -OCH3 is 1. The lowest BCUT2D eigenvalue weighted by Gasteiger charge is -2.41. The Labute approximate surface area is 155 Å². The Bertz CT molecular complexity index is 698. The maximum atomic E-state index is 12.7. The third-order valence-electron chi connectivity index (χ3n) is 5.19. The number of likely N-dealkylation sites (N-methyl/N-ethyl adjacent to an activating group) is 1. The van der Waals surface area contributed by atoms with Gasteiger partial charge in [-0.1, -0.05) is 36.4 Å². The second-order valence-electron chi connectivity index (χ2n) is 6.98. The summed E-state index contributed by atoms with van der Waals surface area (Å²) in [4.78, 5) is 20.8. The molecule has 0 spiro atoms. The molecule has 0 radical (unpaired) electrons. The van der Waals surface area contributed by atoms with Gasteiger partial charge in [-0.05, 0) is 37.1 Å². The molecule has 2 heterocycles. The smallest absolute Gasteiger partial charge is 0.236 e. The van der Waals surface area contributed by atoms with Crippen molar-refractivity contribution in [3.63, 3.8) is 0 Å². The standard InChI is InChI=1S/C21H27N3O2/c1-23(16-18-7-6-12-22-15-18)17-20(25)24-13-10-21(26-2,11-14-24)19-8-4-3-5-9-19/h3-9,12,15H,10-11,13-14,16-17H2,1-2H3. The summed E-state index contributed by atoms with van der Waals surface area (Å²) in [6.45, 7) is 2.59. The summed E-state index contributed by atoms with van der Waals surface area (Å²) in [5.41, 5.74) is 2.03. The molecule has 1 aliphatic heterocycles. The van der Waals surface area contributed by atoms with Crippen LogP contribution in [0.3, 0.4) is 0 Å². The van der Waals surface area contributed by atoms with Gasteiger partial charge in [-0.15, -0.1) is 0 Å². The number of pyridine rings is 1. The maximum Gasteiger partial charge on any atom is 0.236 e. The summed E-state index contributed by atoms with van der Waals surface area (Å²) in [6, 6.07) is 14.3. The molecule has 1 aromatic heterocycles. The van der Waals surface area contributed by atoms with Crippen LogP contribution in [0.2, 0.25) is 0 Å². The SMILES string of the molecule is COC1(c2ccccc2)CCN(C(=O)CN(C)Cc2cccnc2)CC1. The number of carbonyl (C=O) groups is 1. The van der Waals surface area contributed by atoms with Crippen molar-refractivity contribution in [2.45, 2.75) is 25.0 Å². The zero-order valence-electron chi connectivity index (χ0n) is 15.6. The lowest BCUT2D eigenvalue weighted by Crippen LogP contribution is -2.48. The van der Waals surface area contributed by atoms with Crippen molar-refractivity contribution in [2.75, 3.05) is 33.8 Å². The van der Waals surface area contributed by atoms with Crippen molar-refractivity contribution in [1.82, 2.24) is 14.8 Å². The van der Waals surface area contributed by atoms with Crippen LogP contribution in [0.1, 0.15) is 24.0 Å². The molecule has 1 amide bonds. The summed E-state index contributed by atoms with van der Waals surface area (Å²) in [6.07, 6.45) is 5.25. The van der Waals surface area contributed by atoms with E-state index in [4.69, 9.17) is 4.74 Å². The van der Waals surface area contributed by atoms with E-state index in [1.807, 2.05) is 53.4 Å². The minimum Gasteiger partial charge on any atom is -0.373 e. The molecule has 1 aromatic carbocycles. The molecule has 26 heavy (non-hydrogen) atoms. The number of likely N-dealkylation sites (tertiary alicyclic amines) is 1. The van der Waals surface area contributed by atoms with Gasteiger partial charge in [0.05, 0.1) is 12.1 Å². The normalized spacial score (nSPS) is 16.7. The van der Waals surface area contributed by atoms with Crippen molar-refractivity contribution < 1.29 is 9.53 Å². The third-order valence-corrected chi connectivity index (χ3v) is 5.19. The number of hydrogen-bond donors (Lipinski definition) is 0. The number of carbonyl (C=O) groups excluding carboxylic acids is 1. The van der Waals surface area contributed by atoms with Crippen LogP contribution in [-0.4, -0.2) is 54.5 Å². The van der Waals surface area contributed by atoms with Crippen LogP contribution in [0.4, 0.5) is 0 Å². The van der Waals surface area contributed by atoms with Crippen molar-refractivity contribution >= 4 is 5.91 Å². The molecular weight excluding hydrogens is 326 g/mol. The Balaban J connectivity index is 1.55. The number of amides is 1. The summed E-state index contributed by atoms with van der Waals surface area (Å²) in [5, 5.41) is 0. The number of hydrogen-bond acceptors (Lipinski definition) is 4. The highest BCUT2D eigenvalue weighted by molar-refractivity contribution is 5.78. The van der Waals surface area contributed by atoms with E-state index in [0.29, 0.717) is 6.54 Å².